The Morgan fingerprint density at radius 2 is 1.61 bits per heavy atom. The molecule has 0 fully saturated rings. The van der Waals surface area contributed by atoms with Gasteiger partial charge >= 0.3 is 0 Å². The smallest absolute Gasteiger partial charge is 0.244 e. The Labute approximate surface area is 212 Å². The van der Waals surface area contributed by atoms with Crippen LogP contribution in [0.15, 0.2) is 66.7 Å². The van der Waals surface area contributed by atoms with E-state index in [1.54, 1.807) is 31.2 Å². The summed E-state index contributed by atoms with van der Waals surface area (Å²) in [5, 5.41) is 4.39. The van der Waals surface area contributed by atoms with Crippen LogP contribution in [0.25, 0.3) is 10.8 Å². The third kappa shape index (κ3) is 6.60. The number of hydrogen-bond acceptors (Lipinski definition) is 4. The van der Waals surface area contributed by atoms with Crippen LogP contribution in [-0.2, 0) is 26.2 Å². The Hall–Kier alpha value is -3.46. The molecule has 0 radical (unpaired) electrons. The number of amides is 2. The molecule has 0 saturated heterocycles. The van der Waals surface area contributed by atoms with Crippen molar-refractivity contribution in [2.24, 2.45) is 0 Å². The number of carbonyl (C=O) groups excluding carboxylic acids is 2. The van der Waals surface area contributed by atoms with Crippen LogP contribution in [0.4, 0.5) is 10.1 Å². The van der Waals surface area contributed by atoms with Gasteiger partial charge in [-0.1, -0.05) is 55.5 Å². The molecule has 36 heavy (non-hydrogen) atoms. The van der Waals surface area contributed by atoms with Crippen molar-refractivity contribution in [3.05, 3.63) is 78.1 Å². The van der Waals surface area contributed by atoms with Crippen LogP contribution in [-0.4, -0.2) is 50.0 Å². The molecule has 0 aliphatic heterocycles. The summed E-state index contributed by atoms with van der Waals surface area (Å²) >= 11 is 0. The summed E-state index contributed by atoms with van der Waals surface area (Å²) in [6, 6.07) is 17.2. The summed E-state index contributed by atoms with van der Waals surface area (Å²) in [7, 11) is -3.85. The van der Waals surface area contributed by atoms with E-state index in [0.29, 0.717) is 23.1 Å². The van der Waals surface area contributed by atoms with Crippen LogP contribution >= 0.6 is 0 Å². The molecule has 2 atom stereocenters. The number of nitrogens with one attached hydrogen (secondary N) is 1. The molecule has 3 rings (SSSR count). The Morgan fingerprint density at radius 3 is 2.25 bits per heavy atom. The molecular formula is C27H32FN3O4S. The topological polar surface area (TPSA) is 86.8 Å². The molecular weight excluding hydrogens is 481 g/mol. The third-order valence-corrected chi connectivity index (χ3v) is 7.28. The molecule has 3 aromatic rings. The van der Waals surface area contributed by atoms with Crippen LogP contribution in [0.1, 0.15) is 32.8 Å². The maximum absolute atomic E-state index is 13.6. The highest BCUT2D eigenvalue weighted by atomic mass is 32.2. The lowest BCUT2D eigenvalue weighted by Crippen LogP contribution is -2.52. The number of hydrogen-bond donors (Lipinski definition) is 1. The number of carbonyl (C=O) groups is 2. The van der Waals surface area contributed by atoms with Gasteiger partial charge in [0.15, 0.2) is 0 Å². The van der Waals surface area contributed by atoms with E-state index in [4.69, 9.17) is 0 Å². The highest BCUT2D eigenvalue weighted by Gasteiger charge is 2.31. The lowest BCUT2D eigenvalue weighted by atomic mass is 10.1. The van der Waals surface area contributed by atoms with Gasteiger partial charge in [0.25, 0.3) is 0 Å². The first-order valence-corrected chi connectivity index (χ1v) is 13.7. The van der Waals surface area contributed by atoms with E-state index < -0.39 is 34.3 Å². The van der Waals surface area contributed by atoms with Gasteiger partial charge in [0.2, 0.25) is 21.8 Å². The Bertz CT molecular complexity index is 1320. The molecule has 0 aliphatic carbocycles. The zero-order chi connectivity index (χ0) is 26.5. The van der Waals surface area contributed by atoms with E-state index in [-0.39, 0.29) is 18.5 Å². The first kappa shape index (κ1) is 27.1. The largest absolute Gasteiger partial charge is 0.352 e. The summed E-state index contributed by atoms with van der Waals surface area (Å²) < 4.78 is 40.2. The van der Waals surface area contributed by atoms with Gasteiger partial charge in [0.05, 0.1) is 11.9 Å². The zero-order valence-corrected chi connectivity index (χ0v) is 21.8. The van der Waals surface area contributed by atoms with E-state index in [1.165, 1.54) is 29.2 Å². The Morgan fingerprint density at radius 1 is 0.972 bits per heavy atom. The quantitative estimate of drug-likeness (QED) is 0.443. The molecule has 0 unspecified atom stereocenters. The predicted octanol–water partition coefficient (Wildman–Crippen LogP) is 4.08. The summed E-state index contributed by atoms with van der Waals surface area (Å²) in [5.41, 5.74) is 0.992. The zero-order valence-electron chi connectivity index (χ0n) is 20.9. The molecule has 0 saturated carbocycles. The highest BCUT2D eigenvalue weighted by Crippen LogP contribution is 2.28. The third-order valence-electron chi connectivity index (χ3n) is 6.15. The van der Waals surface area contributed by atoms with Gasteiger partial charge in [-0.15, -0.1) is 0 Å². The van der Waals surface area contributed by atoms with Crippen LogP contribution in [0.2, 0.25) is 0 Å². The first-order valence-electron chi connectivity index (χ1n) is 11.8. The van der Waals surface area contributed by atoms with Crippen LogP contribution < -0.4 is 9.62 Å². The van der Waals surface area contributed by atoms with Gasteiger partial charge in [-0.05, 0) is 49.4 Å². The fraction of sp³-hybridized carbons (Fsp3) is 0.333. The number of halogens is 1. The first-order chi connectivity index (χ1) is 17.0. The number of fused-ring (bicyclic) bond motifs is 1. The molecule has 0 bridgehead atoms. The summed E-state index contributed by atoms with van der Waals surface area (Å²) in [6.45, 7) is 4.92. The van der Waals surface area contributed by atoms with E-state index in [9.17, 15) is 22.4 Å². The van der Waals surface area contributed by atoms with E-state index in [1.807, 2.05) is 32.0 Å². The van der Waals surface area contributed by atoms with Crippen molar-refractivity contribution in [1.82, 2.24) is 10.2 Å². The maximum atomic E-state index is 13.6. The number of anilines is 1. The van der Waals surface area contributed by atoms with Crippen molar-refractivity contribution < 1.29 is 22.4 Å². The normalized spacial score (nSPS) is 13.1. The molecule has 3 aromatic carbocycles. The van der Waals surface area contributed by atoms with Crippen molar-refractivity contribution in [1.29, 1.82) is 0 Å². The van der Waals surface area contributed by atoms with Crippen molar-refractivity contribution in [2.75, 3.05) is 17.1 Å². The average Bonchev–Trinajstić information content (AvgIpc) is 2.85. The monoisotopic (exact) mass is 513 g/mol. The van der Waals surface area contributed by atoms with E-state index in [2.05, 4.69) is 5.32 Å². The minimum absolute atomic E-state index is 0.0152. The van der Waals surface area contributed by atoms with Crippen molar-refractivity contribution >= 4 is 38.3 Å². The molecule has 2 amide bonds. The standard InChI is InChI=1S/C27H32FN3O4S/c1-5-19(2)29-27(33)20(3)30(17-21-13-15-23(28)16-14-21)26(32)18-31(36(4,34)35)25-12-8-10-22-9-6-7-11-24(22)25/h6-16,19-20H,5,17-18H2,1-4H3,(H,29,33)/t19-,20+/m0/s1. The maximum Gasteiger partial charge on any atom is 0.244 e. The molecule has 0 heterocycles. The van der Waals surface area contributed by atoms with Crippen LogP contribution in [0, 0.1) is 5.82 Å². The second-order valence-electron chi connectivity index (χ2n) is 8.91. The molecule has 0 aliphatic rings. The van der Waals surface area contributed by atoms with Crippen molar-refractivity contribution in [3.8, 4) is 0 Å². The van der Waals surface area contributed by atoms with Crippen molar-refractivity contribution in [2.45, 2.75) is 45.8 Å². The highest BCUT2D eigenvalue weighted by molar-refractivity contribution is 7.92. The van der Waals surface area contributed by atoms with E-state index >= 15 is 0 Å². The predicted molar refractivity (Wildman–Crippen MR) is 140 cm³/mol. The Kier molecular flexibility index (Phi) is 8.68. The van der Waals surface area contributed by atoms with Gasteiger partial charge in [-0.2, -0.15) is 0 Å². The average molecular weight is 514 g/mol. The number of benzene rings is 3. The molecule has 9 heteroatoms. The van der Waals surface area contributed by atoms with Gasteiger partial charge in [0, 0.05) is 18.0 Å². The Balaban J connectivity index is 1.98. The lowest BCUT2D eigenvalue weighted by molar-refractivity contribution is -0.139. The second-order valence-corrected chi connectivity index (χ2v) is 10.8. The van der Waals surface area contributed by atoms with Gasteiger partial charge < -0.3 is 10.2 Å². The summed E-state index contributed by atoms with van der Waals surface area (Å²) in [5.74, 6) is -1.32. The molecule has 1 N–H and O–H groups in total. The van der Waals surface area contributed by atoms with Gasteiger partial charge in [-0.25, -0.2) is 12.8 Å². The van der Waals surface area contributed by atoms with Crippen LogP contribution in [0.3, 0.4) is 0 Å². The lowest BCUT2D eigenvalue weighted by Gasteiger charge is -2.32. The summed E-state index contributed by atoms with van der Waals surface area (Å²) in [4.78, 5) is 27.9. The van der Waals surface area contributed by atoms with Crippen LogP contribution in [0.5, 0.6) is 0 Å². The molecule has 0 aromatic heterocycles. The SMILES string of the molecule is CC[C@H](C)NC(=O)[C@@H](C)N(Cc1ccc(F)cc1)C(=O)CN(c1cccc2ccccc12)S(C)(=O)=O. The summed E-state index contributed by atoms with van der Waals surface area (Å²) in [6.07, 6.45) is 1.76. The van der Waals surface area contributed by atoms with Gasteiger partial charge in [-0.3, -0.25) is 13.9 Å². The number of nitrogens with zero attached hydrogens (tertiary/aromatic N) is 2. The molecule has 7 nitrogen and oxygen atoms in total. The van der Waals surface area contributed by atoms with Gasteiger partial charge in [0.1, 0.15) is 18.4 Å². The molecule has 0 spiro atoms. The second kappa shape index (κ2) is 11.5. The number of sulfonamides is 1. The minimum Gasteiger partial charge on any atom is -0.352 e. The number of rotatable bonds is 10. The van der Waals surface area contributed by atoms with E-state index in [0.717, 1.165) is 15.9 Å². The minimum atomic E-state index is -3.85. The fourth-order valence-electron chi connectivity index (χ4n) is 3.86. The molecule has 192 valence electrons. The van der Waals surface area contributed by atoms with Crippen molar-refractivity contribution in [3.63, 3.8) is 0 Å². The fourth-order valence-corrected chi connectivity index (χ4v) is 4.72.